The molecular weight excluding hydrogens is 264 g/mol. The van der Waals surface area contributed by atoms with Crippen LogP contribution in [0.1, 0.15) is 18.6 Å². The van der Waals surface area contributed by atoms with Gasteiger partial charge in [0.15, 0.2) is 0 Å². The van der Waals surface area contributed by atoms with Crippen molar-refractivity contribution in [2.75, 3.05) is 0 Å². The van der Waals surface area contributed by atoms with E-state index in [1.165, 1.54) is 12.3 Å². The first kappa shape index (κ1) is 13.4. The van der Waals surface area contributed by atoms with Crippen LogP contribution < -0.4 is 0 Å². The van der Waals surface area contributed by atoms with Gasteiger partial charge in [0.25, 0.3) is 0 Å². The van der Waals surface area contributed by atoms with E-state index in [4.69, 9.17) is 4.74 Å². The third kappa shape index (κ3) is 3.11. The van der Waals surface area contributed by atoms with E-state index in [9.17, 15) is 4.79 Å². The van der Waals surface area contributed by atoms with Crippen molar-refractivity contribution in [1.29, 1.82) is 0 Å². The third-order valence-electron chi connectivity index (χ3n) is 3.39. The van der Waals surface area contributed by atoms with Gasteiger partial charge in [0.05, 0.1) is 12.9 Å². The maximum atomic E-state index is 11.4. The summed E-state index contributed by atoms with van der Waals surface area (Å²) in [6.07, 6.45) is 4.97. The van der Waals surface area contributed by atoms with Gasteiger partial charge in [-0.1, -0.05) is 36.4 Å². The molecule has 0 N–H and O–H groups in total. The predicted octanol–water partition coefficient (Wildman–Crippen LogP) is 3.34. The Kier molecular flexibility index (Phi) is 3.69. The largest absolute Gasteiger partial charge is 0.456 e. The van der Waals surface area contributed by atoms with Gasteiger partial charge in [0.1, 0.15) is 6.10 Å². The molecule has 1 atom stereocenters. The van der Waals surface area contributed by atoms with Crippen molar-refractivity contribution in [2.45, 2.75) is 19.6 Å². The monoisotopic (exact) mass is 280 g/mol. The summed E-state index contributed by atoms with van der Waals surface area (Å²) in [6, 6.07) is 14.3. The molecule has 106 valence electrons. The van der Waals surface area contributed by atoms with E-state index in [0.717, 1.165) is 10.9 Å². The summed E-state index contributed by atoms with van der Waals surface area (Å²) in [5.41, 5.74) is 0.984. The summed E-state index contributed by atoms with van der Waals surface area (Å²) in [6.45, 7) is 1.99. The van der Waals surface area contributed by atoms with Crippen molar-refractivity contribution in [1.82, 2.24) is 9.55 Å². The number of rotatable bonds is 4. The lowest BCUT2D eigenvalue weighted by molar-refractivity contribution is -0.147. The first-order valence-corrected chi connectivity index (χ1v) is 6.84. The Bertz CT molecular complexity index is 750. The normalized spacial score (nSPS) is 12.2. The van der Waals surface area contributed by atoms with Crippen LogP contribution in [0, 0.1) is 0 Å². The van der Waals surface area contributed by atoms with Crippen molar-refractivity contribution in [3.05, 3.63) is 66.7 Å². The lowest BCUT2D eigenvalue weighted by Gasteiger charge is -2.18. The zero-order valence-electron chi connectivity index (χ0n) is 11.8. The summed E-state index contributed by atoms with van der Waals surface area (Å²) in [5, 5.41) is 2.31. The molecule has 2 aromatic carbocycles. The summed E-state index contributed by atoms with van der Waals surface area (Å²) < 4.78 is 7.38. The zero-order chi connectivity index (χ0) is 14.7. The molecular formula is C17H16N2O2. The number of esters is 1. The highest BCUT2D eigenvalue weighted by Crippen LogP contribution is 2.24. The standard InChI is InChI=1S/C17H16N2O2/c1-13(20)21-17(11-19-9-8-18-12-19)16-7-6-14-4-2-3-5-15(14)10-16/h2-10,12,17H,11H2,1H3. The Morgan fingerprint density at radius 2 is 2.05 bits per heavy atom. The van der Waals surface area contributed by atoms with Crippen molar-refractivity contribution >= 4 is 16.7 Å². The minimum absolute atomic E-state index is 0.284. The van der Waals surface area contributed by atoms with Gasteiger partial charge in [-0.15, -0.1) is 0 Å². The molecule has 0 aliphatic carbocycles. The number of ether oxygens (including phenoxy) is 1. The molecule has 0 radical (unpaired) electrons. The van der Waals surface area contributed by atoms with Gasteiger partial charge in [-0.3, -0.25) is 4.79 Å². The molecule has 4 heteroatoms. The molecule has 1 heterocycles. The molecule has 4 nitrogen and oxygen atoms in total. The van der Waals surface area contributed by atoms with Crippen LogP contribution in [0.2, 0.25) is 0 Å². The van der Waals surface area contributed by atoms with Crippen LogP contribution in [0.5, 0.6) is 0 Å². The fourth-order valence-electron chi connectivity index (χ4n) is 2.41. The summed E-state index contributed by atoms with van der Waals surface area (Å²) >= 11 is 0. The van der Waals surface area contributed by atoms with Crippen LogP contribution >= 0.6 is 0 Å². The number of hydrogen-bond acceptors (Lipinski definition) is 3. The Labute approximate surface area is 123 Å². The quantitative estimate of drug-likeness (QED) is 0.688. The predicted molar refractivity (Wildman–Crippen MR) is 80.7 cm³/mol. The van der Waals surface area contributed by atoms with Crippen LogP contribution in [0.15, 0.2) is 61.2 Å². The van der Waals surface area contributed by atoms with Crippen molar-refractivity contribution in [3.8, 4) is 0 Å². The average Bonchev–Trinajstić information content (AvgIpc) is 2.98. The first-order valence-electron chi connectivity index (χ1n) is 6.84. The third-order valence-corrected chi connectivity index (χ3v) is 3.39. The van der Waals surface area contributed by atoms with E-state index in [1.807, 2.05) is 29.0 Å². The van der Waals surface area contributed by atoms with Gasteiger partial charge in [0, 0.05) is 19.3 Å². The number of imidazole rings is 1. The Morgan fingerprint density at radius 1 is 1.24 bits per heavy atom. The summed E-state index contributed by atoms with van der Waals surface area (Å²) in [4.78, 5) is 15.4. The highest BCUT2D eigenvalue weighted by atomic mass is 16.5. The average molecular weight is 280 g/mol. The summed E-state index contributed by atoms with van der Waals surface area (Å²) in [5.74, 6) is -0.284. The Morgan fingerprint density at radius 3 is 2.76 bits per heavy atom. The van der Waals surface area contributed by atoms with Crippen molar-refractivity contribution in [3.63, 3.8) is 0 Å². The van der Waals surface area contributed by atoms with Crippen LogP contribution in [-0.2, 0) is 16.1 Å². The topological polar surface area (TPSA) is 44.1 Å². The number of hydrogen-bond donors (Lipinski definition) is 0. The highest BCUT2D eigenvalue weighted by molar-refractivity contribution is 5.83. The molecule has 3 aromatic rings. The molecule has 0 aliphatic heterocycles. The van der Waals surface area contributed by atoms with Gasteiger partial charge in [-0.05, 0) is 22.4 Å². The van der Waals surface area contributed by atoms with Crippen LogP contribution in [0.4, 0.5) is 0 Å². The number of nitrogens with zero attached hydrogens (tertiary/aromatic N) is 2. The second-order valence-corrected chi connectivity index (χ2v) is 4.96. The number of carbonyl (C=O) groups excluding carboxylic acids is 1. The molecule has 0 spiro atoms. The number of fused-ring (bicyclic) bond motifs is 1. The number of carbonyl (C=O) groups is 1. The van der Waals surface area contributed by atoms with Gasteiger partial charge in [-0.2, -0.15) is 0 Å². The fourth-order valence-corrected chi connectivity index (χ4v) is 2.41. The van der Waals surface area contributed by atoms with E-state index >= 15 is 0 Å². The fraction of sp³-hybridized carbons (Fsp3) is 0.176. The molecule has 0 fully saturated rings. The maximum Gasteiger partial charge on any atom is 0.303 e. The van der Waals surface area contributed by atoms with Gasteiger partial charge in [0.2, 0.25) is 0 Å². The van der Waals surface area contributed by atoms with Crippen molar-refractivity contribution in [2.24, 2.45) is 0 Å². The van der Waals surface area contributed by atoms with Crippen LogP contribution in [0.25, 0.3) is 10.8 Å². The second kappa shape index (κ2) is 5.79. The molecule has 0 saturated heterocycles. The van der Waals surface area contributed by atoms with E-state index in [2.05, 4.69) is 29.2 Å². The molecule has 1 aromatic heterocycles. The van der Waals surface area contributed by atoms with Gasteiger partial charge < -0.3 is 9.30 Å². The second-order valence-electron chi connectivity index (χ2n) is 4.96. The Balaban J connectivity index is 1.94. The van der Waals surface area contributed by atoms with Crippen LogP contribution in [0.3, 0.4) is 0 Å². The molecule has 21 heavy (non-hydrogen) atoms. The van der Waals surface area contributed by atoms with E-state index in [-0.39, 0.29) is 12.1 Å². The molecule has 1 unspecified atom stereocenters. The van der Waals surface area contributed by atoms with E-state index < -0.39 is 0 Å². The van der Waals surface area contributed by atoms with Gasteiger partial charge in [-0.25, -0.2) is 4.98 Å². The molecule has 0 amide bonds. The van der Waals surface area contributed by atoms with E-state index in [0.29, 0.717) is 6.54 Å². The first-order chi connectivity index (χ1) is 10.2. The zero-order valence-corrected chi connectivity index (χ0v) is 11.8. The molecule has 0 bridgehead atoms. The molecule has 3 rings (SSSR count). The smallest absolute Gasteiger partial charge is 0.303 e. The van der Waals surface area contributed by atoms with Crippen LogP contribution in [-0.4, -0.2) is 15.5 Å². The minimum atomic E-state index is -0.318. The van der Waals surface area contributed by atoms with Gasteiger partial charge >= 0.3 is 5.97 Å². The number of aromatic nitrogens is 2. The highest BCUT2D eigenvalue weighted by Gasteiger charge is 2.16. The lowest BCUT2D eigenvalue weighted by atomic mass is 10.0. The minimum Gasteiger partial charge on any atom is -0.456 e. The molecule has 0 saturated carbocycles. The molecule has 0 aliphatic rings. The number of benzene rings is 2. The van der Waals surface area contributed by atoms with E-state index in [1.54, 1.807) is 12.5 Å². The summed E-state index contributed by atoms with van der Waals surface area (Å²) in [7, 11) is 0. The lowest BCUT2D eigenvalue weighted by Crippen LogP contribution is -2.14. The SMILES string of the molecule is CC(=O)OC(Cn1ccnc1)c1ccc2ccccc2c1. The Hall–Kier alpha value is -2.62. The van der Waals surface area contributed by atoms with Crippen molar-refractivity contribution < 1.29 is 9.53 Å². The maximum absolute atomic E-state index is 11.4.